The third-order valence-corrected chi connectivity index (χ3v) is 1.99. The Morgan fingerprint density at radius 1 is 1.18 bits per heavy atom. The van der Waals surface area contributed by atoms with Gasteiger partial charge in [-0.3, -0.25) is 4.79 Å². The number of halogens is 2. The van der Waals surface area contributed by atoms with Crippen molar-refractivity contribution >= 4 is 11.6 Å². The maximum absolute atomic E-state index is 13.2. The molecule has 1 amide bonds. The van der Waals surface area contributed by atoms with Gasteiger partial charge in [0.25, 0.3) is 5.91 Å². The maximum atomic E-state index is 13.2. The van der Waals surface area contributed by atoms with E-state index in [0.29, 0.717) is 0 Å². The second-order valence-corrected chi connectivity index (χ2v) is 3.17. The van der Waals surface area contributed by atoms with E-state index in [1.165, 1.54) is 24.4 Å². The zero-order chi connectivity index (χ0) is 12.3. The van der Waals surface area contributed by atoms with E-state index in [9.17, 15) is 13.6 Å². The first kappa shape index (κ1) is 11.1. The lowest BCUT2D eigenvalue weighted by molar-refractivity contribution is 0.102. The quantitative estimate of drug-likeness (QED) is 0.810. The van der Waals surface area contributed by atoms with E-state index in [1.54, 1.807) is 0 Å². The maximum Gasteiger partial charge on any atom is 0.260 e. The number of hydrogen-bond donors (Lipinski definition) is 1. The lowest BCUT2D eigenvalue weighted by Crippen LogP contribution is -2.14. The Morgan fingerprint density at radius 2 is 2.00 bits per heavy atom. The van der Waals surface area contributed by atoms with Crippen molar-refractivity contribution in [3.8, 4) is 0 Å². The second-order valence-electron chi connectivity index (χ2n) is 3.17. The Hall–Kier alpha value is -2.37. The summed E-state index contributed by atoms with van der Waals surface area (Å²) >= 11 is 0. The minimum absolute atomic E-state index is 0.183. The van der Waals surface area contributed by atoms with E-state index in [1.807, 2.05) is 0 Å². The van der Waals surface area contributed by atoms with Gasteiger partial charge in [-0.25, -0.2) is 9.97 Å². The molecule has 2 heterocycles. The topological polar surface area (TPSA) is 54.9 Å². The molecule has 2 rings (SSSR count). The van der Waals surface area contributed by atoms with Crippen molar-refractivity contribution in [1.29, 1.82) is 0 Å². The fourth-order valence-electron chi connectivity index (χ4n) is 1.20. The van der Waals surface area contributed by atoms with Gasteiger partial charge in [-0.1, -0.05) is 0 Å². The molecule has 0 bridgehead atoms. The molecule has 2 aromatic heterocycles. The molecule has 0 spiro atoms. The zero-order valence-electron chi connectivity index (χ0n) is 8.52. The van der Waals surface area contributed by atoms with E-state index in [2.05, 4.69) is 15.3 Å². The van der Waals surface area contributed by atoms with Gasteiger partial charge < -0.3 is 5.32 Å². The van der Waals surface area contributed by atoms with E-state index in [0.717, 1.165) is 12.3 Å². The van der Waals surface area contributed by atoms with Crippen LogP contribution < -0.4 is 5.32 Å². The fraction of sp³-hybridized carbons (Fsp3) is 0. The van der Waals surface area contributed by atoms with Crippen LogP contribution in [0.2, 0.25) is 0 Å². The number of carbonyl (C=O) groups is 1. The van der Waals surface area contributed by atoms with Crippen LogP contribution in [0, 0.1) is 11.9 Å². The number of carbonyl (C=O) groups excluding carboxylic acids is 1. The lowest BCUT2D eigenvalue weighted by Gasteiger charge is -2.04. The van der Waals surface area contributed by atoms with Crippen LogP contribution in [0.25, 0.3) is 0 Å². The number of rotatable bonds is 2. The number of pyridine rings is 2. The van der Waals surface area contributed by atoms with Gasteiger partial charge in [0, 0.05) is 6.20 Å². The van der Waals surface area contributed by atoms with Gasteiger partial charge in [0.2, 0.25) is 11.9 Å². The number of nitrogens with zero attached hydrogens (tertiary/aromatic N) is 2. The van der Waals surface area contributed by atoms with Crippen LogP contribution in [0.15, 0.2) is 36.7 Å². The third-order valence-electron chi connectivity index (χ3n) is 1.99. The minimum Gasteiger partial charge on any atom is -0.320 e. The molecule has 0 aliphatic carbocycles. The largest absolute Gasteiger partial charge is 0.320 e. The molecular formula is C11H7F2N3O. The van der Waals surface area contributed by atoms with Crippen molar-refractivity contribution in [2.45, 2.75) is 0 Å². The number of aromatic nitrogens is 2. The molecule has 0 fully saturated rings. The summed E-state index contributed by atoms with van der Waals surface area (Å²) < 4.78 is 25.7. The van der Waals surface area contributed by atoms with Gasteiger partial charge in [-0.2, -0.15) is 8.78 Å². The average Bonchev–Trinajstić information content (AvgIpc) is 2.32. The molecule has 1 N–H and O–H groups in total. The van der Waals surface area contributed by atoms with Crippen LogP contribution >= 0.6 is 0 Å². The summed E-state index contributed by atoms with van der Waals surface area (Å²) in [5.74, 6) is -2.18. The predicted molar refractivity (Wildman–Crippen MR) is 56.3 cm³/mol. The minimum atomic E-state index is -0.861. The standard InChI is InChI=1S/C11H7F2N3O/c12-9-4-3-7(6-15-9)16-11(17)8-2-1-5-14-10(8)13/h1-6H,(H,16,17). The molecular weight excluding hydrogens is 228 g/mol. The highest BCUT2D eigenvalue weighted by molar-refractivity contribution is 6.04. The first-order valence-corrected chi connectivity index (χ1v) is 4.70. The molecule has 0 aromatic carbocycles. The van der Waals surface area contributed by atoms with Crippen LogP contribution in [0.1, 0.15) is 10.4 Å². The van der Waals surface area contributed by atoms with Crippen molar-refractivity contribution in [2.75, 3.05) is 5.32 Å². The smallest absolute Gasteiger partial charge is 0.260 e. The number of amides is 1. The Bertz CT molecular complexity index is 543. The Kier molecular flexibility index (Phi) is 3.04. The molecule has 0 saturated heterocycles. The zero-order valence-corrected chi connectivity index (χ0v) is 8.52. The van der Waals surface area contributed by atoms with Gasteiger partial charge in [0.05, 0.1) is 17.4 Å². The van der Waals surface area contributed by atoms with E-state index >= 15 is 0 Å². The number of nitrogens with one attached hydrogen (secondary N) is 1. The summed E-state index contributed by atoms with van der Waals surface area (Å²) in [4.78, 5) is 18.3. The van der Waals surface area contributed by atoms with Gasteiger partial charge in [0.1, 0.15) is 0 Å². The van der Waals surface area contributed by atoms with Crippen molar-refractivity contribution < 1.29 is 13.6 Å². The summed E-state index contributed by atoms with van der Waals surface area (Å²) in [5.41, 5.74) is 0.0940. The summed E-state index contributed by atoms with van der Waals surface area (Å²) in [6.45, 7) is 0. The van der Waals surface area contributed by atoms with Gasteiger partial charge in [-0.15, -0.1) is 0 Å². The number of anilines is 1. The highest BCUT2D eigenvalue weighted by Gasteiger charge is 2.12. The van der Waals surface area contributed by atoms with E-state index in [4.69, 9.17) is 0 Å². The predicted octanol–water partition coefficient (Wildman–Crippen LogP) is 2.01. The van der Waals surface area contributed by atoms with Crippen LogP contribution in [-0.4, -0.2) is 15.9 Å². The van der Waals surface area contributed by atoms with Crippen molar-refractivity contribution in [2.24, 2.45) is 0 Å². The summed E-state index contributed by atoms with van der Waals surface area (Å²) in [7, 11) is 0. The highest BCUT2D eigenvalue weighted by atomic mass is 19.1. The molecule has 2 aromatic rings. The molecule has 0 unspecified atom stereocenters. The number of hydrogen-bond acceptors (Lipinski definition) is 3. The Labute approximate surface area is 95.3 Å². The molecule has 0 radical (unpaired) electrons. The van der Waals surface area contributed by atoms with Crippen LogP contribution in [0.3, 0.4) is 0 Å². The van der Waals surface area contributed by atoms with Crippen LogP contribution in [0.4, 0.5) is 14.5 Å². The second kappa shape index (κ2) is 4.65. The molecule has 4 nitrogen and oxygen atoms in total. The van der Waals surface area contributed by atoms with Crippen molar-refractivity contribution in [3.05, 3.63) is 54.1 Å². The van der Waals surface area contributed by atoms with Crippen LogP contribution in [0.5, 0.6) is 0 Å². The lowest BCUT2D eigenvalue weighted by atomic mass is 10.2. The van der Waals surface area contributed by atoms with Crippen molar-refractivity contribution in [1.82, 2.24) is 9.97 Å². The molecule has 86 valence electrons. The average molecular weight is 235 g/mol. The molecule has 0 atom stereocenters. The molecule has 0 aliphatic rings. The molecule has 0 aliphatic heterocycles. The molecule has 6 heteroatoms. The van der Waals surface area contributed by atoms with E-state index < -0.39 is 17.8 Å². The first-order chi connectivity index (χ1) is 8.16. The summed E-state index contributed by atoms with van der Waals surface area (Å²) in [5, 5.41) is 2.38. The van der Waals surface area contributed by atoms with Gasteiger partial charge in [-0.05, 0) is 24.3 Å². The normalized spacial score (nSPS) is 10.0. The van der Waals surface area contributed by atoms with Crippen LogP contribution in [-0.2, 0) is 0 Å². The molecule has 17 heavy (non-hydrogen) atoms. The summed E-state index contributed by atoms with van der Waals surface area (Å²) in [6, 6.07) is 5.17. The fourth-order valence-corrected chi connectivity index (χ4v) is 1.20. The van der Waals surface area contributed by atoms with Gasteiger partial charge in [0.15, 0.2) is 0 Å². The summed E-state index contributed by atoms with van der Waals surface area (Å²) in [6.07, 6.45) is 2.38. The van der Waals surface area contributed by atoms with Gasteiger partial charge >= 0.3 is 0 Å². The molecule has 0 saturated carbocycles. The van der Waals surface area contributed by atoms with E-state index in [-0.39, 0.29) is 11.3 Å². The Morgan fingerprint density at radius 3 is 2.65 bits per heavy atom. The Balaban J connectivity index is 2.17. The van der Waals surface area contributed by atoms with Crippen molar-refractivity contribution in [3.63, 3.8) is 0 Å². The SMILES string of the molecule is O=C(Nc1ccc(F)nc1)c1cccnc1F. The highest BCUT2D eigenvalue weighted by Crippen LogP contribution is 2.09. The third kappa shape index (κ3) is 2.60. The monoisotopic (exact) mass is 235 g/mol. The first-order valence-electron chi connectivity index (χ1n) is 4.70.